The number of rotatable bonds is 0. The summed E-state index contributed by atoms with van der Waals surface area (Å²) < 4.78 is 12.3. The second-order valence-corrected chi connectivity index (χ2v) is 1.75. The fourth-order valence-corrected chi connectivity index (χ4v) is 0.551. The molecule has 0 saturated carbocycles. The molecule has 56 valence electrons. The first-order valence-electron chi connectivity index (χ1n) is 3.52. The maximum Gasteiger partial charge on any atom is 0.126 e. The summed E-state index contributed by atoms with van der Waals surface area (Å²) in [6.07, 6.45) is 0. The van der Waals surface area contributed by atoms with Crippen LogP contribution in [0.1, 0.15) is 19.4 Å². The summed E-state index contributed by atoms with van der Waals surface area (Å²) in [5, 5.41) is 0. The van der Waals surface area contributed by atoms with Crippen LogP contribution < -0.4 is 0 Å². The third kappa shape index (κ3) is 2.62. The standard InChI is InChI=1S/C7H7F.C2H6/c1-6-4-2-3-5-7(6)8;1-2/h2-5H,1H3;1-2H3. The first kappa shape index (κ1) is 9.15. The maximum atomic E-state index is 12.3. The van der Waals surface area contributed by atoms with E-state index in [1.54, 1.807) is 19.1 Å². The topological polar surface area (TPSA) is 0 Å². The van der Waals surface area contributed by atoms with E-state index in [2.05, 4.69) is 0 Å². The molecule has 1 heteroatoms. The molecule has 0 nitrogen and oxygen atoms in total. The number of aryl methyl sites for hydroxylation is 1. The zero-order chi connectivity index (χ0) is 7.98. The highest BCUT2D eigenvalue weighted by atomic mass is 19.1. The Labute approximate surface area is 61.7 Å². The number of benzene rings is 1. The van der Waals surface area contributed by atoms with Gasteiger partial charge in [-0.05, 0) is 18.6 Å². The van der Waals surface area contributed by atoms with Crippen LogP contribution in [0.15, 0.2) is 24.3 Å². The Morgan fingerprint density at radius 2 is 1.60 bits per heavy atom. The summed E-state index contributed by atoms with van der Waals surface area (Å²) in [5.74, 6) is -0.132. The smallest absolute Gasteiger partial charge is 0.126 e. The number of halogens is 1. The predicted octanol–water partition coefficient (Wildman–Crippen LogP) is 3.16. The van der Waals surface area contributed by atoms with Gasteiger partial charge in [0.25, 0.3) is 0 Å². The molecular formula is C9H13F. The molecule has 0 aromatic heterocycles. The monoisotopic (exact) mass is 140 g/mol. The normalized spacial score (nSPS) is 8.00. The van der Waals surface area contributed by atoms with Crippen molar-refractivity contribution in [2.75, 3.05) is 0 Å². The van der Waals surface area contributed by atoms with Gasteiger partial charge in [0.1, 0.15) is 5.82 Å². The fraction of sp³-hybridized carbons (Fsp3) is 0.333. The largest absolute Gasteiger partial charge is 0.207 e. The molecule has 0 aliphatic heterocycles. The highest BCUT2D eigenvalue weighted by Gasteiger charge is 1.88. The van der Waals surface area contributed by atoms with Gasteiger partial charge in [-0.2, -0.15) is 0 Å². The molecule has 0 saturated heterocycles. The van der Waals surface area contributed by atoms with Crippen molar-refractivity contribution in [1.82, 2.24) is 0 Å². The van der Waals surface area contributed by atoms with Crippen molar-refractivity contribution in [3.63, 3.8) is 0 Å². The van der Waals surface area contributed by atoms with Crippen molar-refractivity contribution in [3.8, 4) is 0 Å². The average molecular weight is 140 g/mol. The molecule has 0 spiro atoms. The van der Waals surface area contributed by atoms with E-state index in [1.807, 2.05) is 19.9 Å². The van der Waals surface area contributed by atoms with E-state index < -0.39 is 0 Å². The summed E-state index contributed by atoms with van der Waals surface area (Å²) in [4.78, 5) is 0. The molecule has 0 unspecified atom stereocenters. The van der Waals surface area contributed by atoms with Crippen LogP contribution in [0.4, 0.5) is 4.39 Å². The van der Waals surface area contributed by atoms with Crippen molar-refractivity contribution in [2.45, 2.75) is 20.8 Å². The molecule has 1 rings (SSSR count). The van der Waals surface area contributed by atoms with Crippen LogP contribution in [0.5, 0.6) is 0 Å². The van der Waals surface area contributed by atoms with Crippen molar-refractivity contribution in [3.05, 3.63) is 35.6 Å². The lowest BCUT2D eigenvalue weighted by Crippen LogP contribution is -1.76. The molecule has 0 atom stereocenters. The fourth-order valence-electron chi connectivity index (χ4n) is 0.551. The van der Waals surface area contributed by atoms with Gasteiger partial charge in [-0.1, -0.05) is 32.0 Å². The molecule has 0 aliphatic rings. The number of hydrogen-bond acceptors (Lipinski definition) is 0. The summed E-state index contributed by atoms with van der Waals surface area (Å²) in [6.45, 7) is 5.75. The second kappa shape index (κ2) is 4.98. The number of hydrogen-bond donors (Lipinski definition) is 0. The highest BCUT2D eigenvalue weighted by Crippen LogP contribution is 2.01. The molecule has 0 amide bonds. The van der Waals surface area contributed by atoms with Gasteiger partial charge in [0.05, 0.1) is 0 Å². The predicted molar refractivity (Wildman–Crippen MR) is 42.5 cm³/mol. The molecule has 1 aromatic rings. The van der Waals surface area contributed by atoms with Gasteiger partial charge < -0.3 is 0 Å². The van der Waals surface area contributed by atoms with Gasteiger partial charge in [-0.3, -0.25) is 0 Å². The van der Waals surface area contributed by atoms with Crippen LogP contribution in [0.3, 0.4) is 0 Å². The van der Waals surface area contributed by atoms with Crippen molar-refractivity contribution in [2.24, 2.45) is 0 Å². The second-order valence-electron chi connectivity index (χ2n) is 1.75. The van der Waals surface area contributed by atoms with Gasteiger partial charge in [-0.15, -0.1) is 0 Å². The molecule has 0 bridgehead atoms. The van der Waals surface area contributed by atoms with Gasteiger partial charge in [0.2, 0.25) is 0 Å². The van der Waals surface area contributed by atoms with Gasteiger partial charge in [0.15, 0.2) is 0 Å². The highest BCUT2D eigenvalue weighted by molar-refractivity contribution is 5.14. The lowest BCUT2D eigenvalue weighted by atomic mass is 10.2. The lowest BCUT2D eigenvalue weighted by molar-refractivity contribution is 0.618. The Kier molecular flexibility index (Phi) is 4.55. The molecule has 0 heterocycles. The maximum absolute atomic E-state index is 12.3. The van der Waals surface area contributed by atoms with Crippen LogP contribution >= 0.6 is 0 Å². The summed E-state index contributed by atoms with van der Waals surface area (Å²) in [5.41, 5.74) is 0.701. The Morgan fingerprint density at radius 3 is 1.90 bits per heavy atom. The zero-order valence-corrected chi connectivity index (χ0v) is 6.69. The SMILES string of the molecule is CC.Cc1ccccc1F. The minimum absolute atomic E-state index is 0.132. The van der Waals surface area contributed by atoms with Gasteiger partial charge >= 0.3 is 0 Å². The summed E-state index contributed by atoms with van der Waals surface area (Å²) >= 11 is 0. The molecule has 0 N–H and O–H groups in total. The third-order valence-electron chi connectivity index (χ3n) is 1.08. The molecular weight excluding hydrogens is 127 g/mol. The summed E-state index contributed by atoms with van der Waals surface area (Å²) in [6, 6.07) is 6.70. The van der Waals surface area contributed by atoms with Crippen molar-refractivity contribution in [1.29, 1.82) is 0 Å². The minimum Gasteiger partial charge on any atom is -0.207 e. The van der Waals surface area contributed by atoms with Crippen molar-refractivity contribution >= 4 is 0 Å². The van der Waals surface area contributed by atoms with E-state index in [-0.39, 0.29) is 5.82 Å². The molecule has 0 aliphatic carbocycles. The van der Waals surface area contributed by atoms with Gasteiger partial charge in [-0.25, -0.2) is 4.39 Å². The molecule has 0 fully saturated rings. The minimum atomic E-state index is -0.132. The van der Waals surface area contributed by atoms with Crippen LogP contribution in [0.25, 0.3) is 0 Å². The Morgan fingerprint density at radius 1 is 1.10 bits per heavy atom. The van der Waals surface area contributed by atoms with Crippen LogP contribution in [-0.2, 0) is 0 Å². The lowest BCUT2D eigenvalue weighted by Gasteiger charge is -1.89. The average Bonchev–Trinajstić information content (AvgIpc) is 2.00. The Bertz CT molecular complexity index is 161. The first-order valence-corrected chi connectivity index (χ1v) is 3.52. The van der Waals surface area contributed by atoms with E-state index in [4.69, 9.17) is 0 Å². The molecule has 10 heavy (non-hydrogen) atoms. The Balaban J connectivity index is 0.000000371. The Hall–Kier alpha value is -0.850. The first-order chi connectivity index (χ1) is 4.80. The van der Waals surface area contributed by atoms with E-state index in [9.17, 15) is 4.39 Å². The van der Waals surface area contributed by atoms with E-state index in [1.165, 1.54) is 6.07 Å². The van der Waals surface area contributed by atoms with Crippen LogP contribution in [0, 0.1) is 12.7 Å². The molecule has 1 aromatic carbocycles. The quantitative estimate of drug-likeness (QED) is 0.519. The van der Waals surface area contributed by atoms with Crippen LogP contribution in [-0.4, -0.2) is 0 Å². The van der Waals surface area contributed by atoms with E-state index >= 15 is 0 Å². The third-order valence-corrected chi connectivity index (χ3v) is 1.08. The van der Waals surface area contributed by atoms with E-state index in [0.717, 1.165) is 0 Å². The van der Waals surface area contributed by atoms with Gasteiger partial charge in [0, 0.05) is 0 Å². The zero-order valence-electron chi connectivity index (χ0n) is 6.69. The van der Waals surface area contributed by atoms with Crippen molar-refractivity contribution < 1.29 is 4.39 Å². The van der Waals surface area contributed by atoms with E-state index in [0.29, 0.717) is 5.56 Å². The van der Waals surface area contributed by atoms with Crippen LogP contribution in [0.2, 0.25) is 0 Å². The summed E-state index contributed by atoms with van der Waals surface area (Å²) in [7, 11) is 0. The molecule has 0 radical (unpaired) electrons.